The zero-order valence-electron chi connectivity index (χ0n) is 18.6. The van der Waals surface area contributed by atoms with E-state index in [1.807, 2.05) is 60.7 Å². The lowest BCUT2D eigenvalue weighted by molar-refractivity contribution is 0.0917. The van der Waals surface area contributed by atoms with Crippen molar-refractivity contribution in [2.75, 3.05) is 18.1 Å². The first kappa shape index (κ1) is 21.6. The predicted octanol–water partition coefficient (Wildman–Crippen LogP) is 6.48. The molecule has 0 radical (unpaired) electrons. The third kappa shape index (κ3) is 4.92. The van der Waals surface area contributed by atoms with E-state index in [4.69, 9.17) is 14.5 Å². The van der Waals surface area contributed by atoms with Crippen molar-refractivity contribution in [1.82, 2.24) is 4.98 Å². The van der Waals surface area contributed by atoms with Gasteiger partial charge in [0.25, 0.3) is 5.91 Å². The van der Waals surface area contributed by atoms with E-state index in [0.29, 0.717) is 23.0 Å². The van der Waals surface area contributed by atoms with Crippen LogP contribution in [0.5, 0.6) is 11.5 Å². The number of ether oxygens (including phenoxy) is 2. The summed E-state index contributed by atoms with van der Waals surface area (Å²) in [5.74, 6) is 1.37. The summed E-state index contributed by atoms with van der Waals surface area (Å²) in [5.41, 5.74) is 2.79. The van der Waals surface area contributed by atoms with E-state index < -0.39 is 0 Å². The van der Waals surface area contributed by atoms with Crippen molar-refractivity contribution in [3.63, 3.8) is 0 Å². The van der Waals surface area contributed by atoms with Gasteiger partial charge in [-0.3, -0.25) is 9.69 Å². The smallest absolute Gasteiger partial charge is 0.260 e. The van der Waals surface area contributed by atoms with E-state index in [9.17, 15) is 4.79 Å². The van der Waals surface area contributed by atoms with Crippen molar-refractivity contribution in [1.29, 1.82) is 0 Å². The normalized spacial score (nSPS) is 15.6. The Hall–Kier alpha value is -3.22. The summed E-state index contributed by atoms with van der Waals surface area (Å²) in [6.07, 6.45) is 2.99. The van der Waals surface area contributed by atoms with Crippen LogP contribution >= 0.6 is 11.3 Å². The Balaban J connectivity index is 1.41. The predicted molar refractivity (Wildman–Crippen MR) is 133 cm³/mol. The molecule has 1 saturated heterocycles. The van der Waals surface area contributed by atoms with E-state index >= 15 is 0 Å². The van der Waals surface area contributed by atoms with Crippen LogP contribution in [0.25, 0.3) is 10.2 Å². The van der Waals surface area contributed by atoms with E-state index in [1.165, 1.54) is 5.56 Å². The molecule has 1 aliphatic heterocycles. The maximum Gasteiger partial charge on any atom is 0.260 e. The number of rotatable bonds is 7. The van der Waals surface area contributed by atoms with Gasteiger partial charge >= 0.3 is 0 Å². The van der Waals surface area contributed by atoms with Gasteiger partial charge in [-0.25, -0.2) is 4.98 Å². The van der Waals surface area contributed by atoms with Gasteiger partial charge in [-0.05, 0) is 73.4 Å². The second-order valence-electron chi connectivity index (χ2n) is 8.14. The Morgan fingerprint density at radius 3 is 2.61 bits per heavy atom. The van der Waals surface area contributed by atoms with E-state index in [-0.39, 0.29) is 12.0 Å². The first-order valence-electron chi connectivity index (χ1n) is 11.4. The highest BCUT2D eigenvalue weighted by molar-refractivity contribution is 7.22. The topological polar surface area (TPSA) is 51.7 Å². The van der Waals surface area contributed by atoms with Crippen molar-refractivity contribution in [2.24, 2.45) is 0 Å². The van der Waals surface area contributed by atoms with Gasteiger partial charge in [-0.1, -0.05) is 42.5 Å². The van der Waals surface area contributed by atoms with Crippen molar-refractivity contribution in [3.05, 3.63) is 83.9 Å². The molecule has 5 nitrogen and oxygen atoms in total. The molecule has 1 aromatic heterocycles. The molecule has 0 N–H and O–H groups in total. The molecule has 33 heavy (non-hydrogen) atoms. The van der Waals surface area contributed by atoms with Crippen LogP contribution in [0.3, 0.4) is 0 Å². The van der Waals surface area contributed by atoms with Crippen molar-refractivity contribution < 1.29 is 14.3 Å². The lowest BCUT2D eigenvalue weighted by atomic mass is 10.1. The molecule has 0 saturated carbocycles. The van der Waals surface area contributed by atoms with Crippen LogP contribution in [0, 0.1) is 0 Å². The third-order valence-corrected chi connectivity index (χ3v) is 6.86. The summed E-state index contributed by atoms with van der Waals surface area (Å²) < 4.78 is 12.8. The molecule has 1 unspecified atom stereocenters. The first-order chi connectivity index (χ1) is 16.2. The van der Waals surface area contributed by atoms with Gasteiger partial charge in [-0.2, -0.15) is 0 Å². The van der Waals surface area contributed by atoms with Gasteiger partial charge in [0.1, 0.15) is 11.5 Å². The van der Waals surface area contributed by atoms with Gasteiger partial charge in [0.15, 0.2) is 5.13 Å². The number of fused-ring (bicyclic) bond motifs is 1. The number of aromatic nitrogens is 1. The first-order valence-corrected chi connectivity index (χ1v) is 12.2. The number of anilines is 1. The monoisotopic (exact) mass is 458 g/mol. The highest BCUT2D eigenvalue weighted by Crippen LogP contribution is 2.32. The van der Waals surface area contributed by atoms with Crippen LogP contribution in [-0.4, -0.2) is 30.1 Å². The molecule has 2 heterocycles. The quantitative estimate of drug-likeness (QED) is 0.318. The fraction of sp³-hybridized carbons (Fsp3) is 0.259. The second-order valence-corrected chi connectivity index (χ2v) is 9.15. The molecule has 4 aromatic rings. The van der Waals surface area contributed by atoms with Crippen molar-refractivity contribution in [3.8, 4) is 11.5 Å². The molecule has 0 bridgehead atoms. The van der Waals surface area contributed by atoms with Gasteiger partial charge in [0.2, 0.25) is 0 Å². The molecule has 5 rings (SSSR count). The maximum atomic E-state index is 13.6. The number of aryl methyl sites for hydroxylation is 1. The van der Waals surface area contributed by atoms with E-state index in [2.05, 4.69) is 19.1 Å². The number of carbonyl (C=O) groups excluding carboxylic acids is 1. The summed E-state index contributed by atoms with van der Waals surface area (Å²) in [6.45, 7) is 3.39. The average molecular weight is 459 g/mol. The Morgan fingerprint density at radius 2 is 1.88 bits per heavy atom. The molecule has 3 aromatic carbocycles. The van der Waals surface area contributed by atoms with Gasteiger partial charge in [0.05, 0.1) is 22.9 Å². The molecule has 0 aliphatic carbocycles. The van der Waals surface area contributed by atoms with Crippen molar-refractivity contribution >= 4 is 32.6 Å². The van der Waals surface area contributed by atoms with Crippen LogP contribution in [-0.2, 0) is 11.2 Å². The summed E-state index contributed by atoms with van der Waals surface area (Å²) in [6, 6.07) is 23.2. The highest BCUT2D eigenvalue weighted by atomic mass is 32.1. The molecule has 0 spiro atoms. The molecule has 1 atom stereocenters. The van der Waals surface area contributed by atoms with Crippen molar-refractivity contribution in [2.45, 2.75) is 32.3 Å². The Morgan fingerprint density at radius 1 is 1.09 bits per heavy atom. The number of thiazole rings is 1. The highest BCUT2D eigenvalue weighted by Gasteiger charge is 2.27. The number of hydrogen-bond acceptors (Lipinski definition) is 5. The zero-order chi connectivity index (χ0) is 22.6. The molecule has 1 aliphatic rings. The maximum absolute atomic E-state index is 13.6. The lowest BCUT2D eigenvalue weighted by Gasteiger charge is -2.23. The Kier molecular flexibility index (Phi) is 6.37. The molecule has 6 heteroatoms. The summed E-state index contributed by atoms with van der Waals surface area (Å²) in [4.78, 5) is 20.2. The van der Waals surface area contributed by atoms with Gasteiger partial charge in [-0.15, -0.1) is 0 Å². The number of hydrogen-bond donors (Lipinski definition) is 0. The lowest BCUT2D eigenvalue weighted by Crippen LogP contribution is -2.37. The van der Waals surface area contributed by atoms with Crippen LogP contribution < -0.4 is 9.64 Å². The second kappa shape index (κ2) is 9.73. The van der Waals surface area contributed by atoms with Crippen LogP contribution in [0.15, 0.2) is 72.8 Å². The van der Waals surface area contributed by atoms with Gasteiger partial charge < -0.3 is 9.47 Å². The molecule has 1 amide bonds. The van der Waals surface area contributed by atoms with E-state index in [0.717, 1.165) is 41.8 Å². The minimum absolute atomic E-state index is 0.0350. The number of nitrogens with zero attached hydrogens (tertiary/aromatic N) is 2. The fourth-order valence-electron chi connectivity index (χ4n) is 3.98. The SMILES string of the molecule is CCc1ccc2nc(N(CC3CCCO3)C(=O)c3ccc(Oc4ccccc4)cc3)sc2c1. The molecule has 168 valence electrons. The molecular formula is C27H26N2O3S. The molecular weight excluding hydrogens is 432 g/mol. The summed E-state index contributed by atoms with van der Waals surface area (Å²) >= 11 is 1.56. The Bertz CT molecular complexity index is 1230. The summed E-state index contributed by atoms with van der Waals surface area (Å²) in [5, 5.41) is 0.711. The number of carbonyl (C=O) groups is 1. The van der Waals surface area contributed by atoms with Crippen LogP contribution in [0.4, 0.5) is 5.13 Å². The number of benzene rings is 3. The average Bonchev–Trinajstić information content (AvgIpc) is 3.52. The zero-order valence-corrected chi connectivity index (χ0v) is 19.4. The number of amides is 1. The largest absolute Gasteiger partial charge is 0.457 e. The van der Waals surface area contributed by atoms with Crippen LogP contribution in [0.1, 0.15) is 35.7 Å². The van der Waals surface area contributed by atoms with E-state index in [1.54, 1.807) is 16.2 Å². The standard InChI is InChI=1S/C27H26N2O3S/c1-2-19-10-15-24-25(17-19)33-27(28-24)29(18-23-9-6-16-31-23)26(30)20-11-13-22(14-12-20)32-21-7-4-3-5-8-21/h3-5,7-8,10-15,17,23H,2,6,9,16,18H2,1H3. The van der Waals surface area contributed by atoms with Gasteiger partial charge in [0, 0.05) is 12.2 Å². The third-order valence-electron chi connectivity index (χ3n) is 5.82. The fourth-order valence-corrected chi connectivity index (χ4v) is 5.01. The minimum atomic E-state index is -0.0773. The minimum Gasteiger partial charge on any atom is -0.457 e. The summed E-state index contributed by atoms with van der Waals surface area (Å²) in [7, 11) is 0. The molecule has 1 fully saturated rings. The Labute approximate surface area is 197 Å². The van der Waals surface area contributed by atoms with Crippen LogP contribution in [0.2, 0.25) is 0 Å². The number of para-hydroxylation sites is 1.